The number of carbonyl (C=O) groups is 1. The Balaban J connectivity index is 1.93. The summed E-state index contributed by atoms with van der Waals surface area (Å²) in [5, 5.41) is 0.457. The van der Waals surface area contributed by atoms with E-state index in [4.69, 9.17) is 16.3 Å². The molecule has 0 spiro atoms. The molecule has 0 radical (unpaired) electrons. The Morgan fingerprint density at radius 1 is 1.00 bits per heavy atom. The molecule has 0 unspecified atom stereocenters. The van der Waals surface area contributed by atoms with E-state index >= 15 is 0 Å². The van der Waals surface area contributed by atoms with E-state index < -0.39 is 27.5 Å². The molecule has 0 saturated carbocycles. The number of carbonyl (C=O) groups excluding carboxylic acids is 1. The normalized spacial score (nSPS) is 11.1. The van der Waals surface area contributed by atoms with Crippen molar-refractivity contribution in [1.82, 2.24) is 4.72 Å². The summed E-state index contributed by atoms with van der Waals surface area (Å²) in [4.78, 5) is 12.5. The zero-order chi connectivity index (χ0) is 20.3. The number of sulfonamides is 1. The van der Waals surface area contributed by atoms with Crippen molar-refractivity contribution in [2.45, 2.75) is 4.90 Å². The molecule has 0 heterocycles. The maximum Gasteiger partial charge on any atom is 0.268 e. The lowest BCUT2D eigenvalue weighted by Crippen LogP contribution is -2.31. The van der Waals surface area contributed by atoms with Gasteiger partial charge in [-0.3, -0.25) is 4.79 Å². The van der Waals surface area contributed by atoms with E-state index in [1.54, 1.807) is 6.07 Å². The van der Waals surface area contributed by atoms with Crippen LogP contribution in [0.1, 0.15) is 10.4 Å². The molecule has 0 aliphatic carbocycles. The summed E-state index contributed by atoms with van der Waals surface area (Å²) in [5.74, 6) is -2.01. The molecule has 1 amide bonds. The molecule has 144 valence electrons. The van der Waals surface area contributed by atoms with Crippen molar-refractivity contribution < 1.29 is 22.3 Å². The topological polar surface area (TPSA) is 72.5 Å². The van der Waals surface area contributed by atoms with Crippen molar-refractivity contribution in [2.24, 2.45) is 0 Å². The molecule has 0 aliphatic rings. The third kappa shape index (κ3) is 4.52. The molecule has 28 heavy (non-hydrogen) atoms. The summed E-state index contributed by atoms with van der Waals surface area (Å²) >= 11 is 8.94. The van der Waals surface area contributed by atoms with E-state index in [0.717, 1.165) is 6.07 Å². The molecule has 0 bridgehead atoms. The molecule has 3 aromatic rings. The molecular weight excluding hydrogens is 473 g/mol. The fourth-order valence-electron chi connectivity index (χ4n) is 2.31. The predicted octanol–water partition coefficient (Wildman–Crippen LogP) is 5.15. The molecule has 5 nitrogen and oxygen atoms in total. The van der Waals surface area contributed by atoms with E-state index in [1.165, 1.54) is 54.6 Å². The van der Waals surface area contributed by atoms with Crippen LogP contribution in [0.4, 0.5) is 4.39 Å². The van der Waals surface area contributed by atoms with E-state index in [-0.39, 0.29) is 20.7 Å². The first-order valence-electron chi connectivity index (χ1n) is 7.81. The molecule has 0 fully saturated rings. The van der Waals surface area contributed by atoms with Gasteiger partial charge in [0.1, 0.15) is 10.6 Å². The van der Waals surface area contributed by atoms with Gasteiger partial charge in [-0.05, 0) is 64.5 Å². The minimum Gasteiger partial charge on any atom is -0.453 e. The van der Waals surface area contributed by atoms with Crippen molar-refractivity contribution in [2.75, 3.05) is 0 Å². The lowest BCUT2D eigenvalue weighted by atomic mass is 10.2. The maximum atomic E-state index is 14.3. The van der Waals surface area contributed by atoms with Gasteiger partial charge in [-0.15, -0.1) is 0 Å². The van der Waals surface area contributed by atoms with Crippen molar-refractivity contribution in [1.29, 1.82) is 0 Å². The Morgan fingerprint density at radius 3 is 2.36 bits per heavy atom. The highest BCUT2D eigenvalue weighted by Gasteiger charge is 2.24. The Bertz CT molecular complexity index is 1140. The Hall–Kier alpha value is -2.42. The quantitative estimate of drug-likeness (QED) is 0.543. The van der Waals surface area contributed by atoms with Gasteiger partial charge in [-0.25, -0.2) is 17.5 Å². The maximum absolute atomic E-state index is 14.3. The number of halogens is 3. The van der Waals surface area contributed by atoms with Crippen LogP contribution in [0.25, 0.3) is 0 Å². The molecular formula is C19H12BrClFNO4S. The summed E-state index contributed by atoms with van der Waals surface area (Å²) in [7, 11) is -4.19. The average molecular weight is 485 g/mol. The Morgan fingerprint density at radius 2 is 1.68 bits per heavy atom. The second-order valence-corrected chi connectivity index (χ2v) is 8.48. The molecule has 3 rings (SSSR count). The van der Waals surface area contributed by atoms with Gasteiger partial charge in [-0.1, -0.05) is 29.8 Å². The summed E-state index contributed by atoms with van der Waals surface area (Å²) in [6, 6.07) is 15.7. The standard InChI is InChI=1S/C19H12BrClFNO4S/c20-15-5-1-2-7-17(15)28(25,26)23-19(24)14-4-3-6-16(22)18(14)27-13-10-8-12(21)9-11-13/h1-11H,(H,23,24). The SMILES string of the molecule is O=C(NS(=O)(=O)c1ccccc1Br)c1cccc(F)c1Oc1ccc(Cl)cc1. The van der Waals surface area contributed by atoms with Crippen LogP contribution in [0.3, 0.4) is 0 Å². The third-order valence-corrected chi connectivity index (χ3v) is 6.19. The molecule has 0 aliphatic heterocycles. The highest BCUT2D eigenvalue weighted by molar-refractivity contribution is 9.10. The molecule has 9 heteroatoms. The predicted molar refractivity (Wildman–Crippen MR) is 107 cm³/mol. The fraction of sp³-hybridized carbons (Fsp3) is 0. The van der Waals surface area contributed by atoms with E-state index in [9.17, 15) is 17.6 Å². The second-order valence-electron chi connectivity index (χ2n) is 5.54. The van der Waals surface area contributed by atoms with Gasteiger partial charge < -0.3 is 4.74 Å². The van der Waals surface area contributed by atoms with Crippen LogP contribution in [0.15, 0.2) is 76.1 Å². The van der Waals surface area contributed by atoms with Crippen LogP contribution >= 0.6 is 27.5 Å². The van der Waals surface area contributed by atoms with Crippen LogP contribution in [0, 0.1) is 5.82 Å². The summed E-state index contributed by atoms with van der Waals surface area (Å²) < 4.78 is 47.0. The van der Waals surface area contributed by atoms with Crippen molar-refractivity contribution >= 4 is 43.5 Å². The zero-order valence-electron chi connectivity index (χ0n) is 14.0. The smallest absolute Gasteiger partial charge is 0.268 e. The number of amides is 1. The summed E-state index contributed by atoms with van der Waals surface area (Å²) in [6.45, 7) is 0. The van der Waals surface area contributed by atoms with Gasteiger partial charge in [0, 0.05) is 9.50 Å². The molecule has 3 aromatic carbocycles. The van der Waals surface area contributed by atoms with E-state index in [2.05, 4.69) is 15.9 Å². The highest BCUT2D eigenvalue weighted by Crippen LogP contribution is 2.30. The number of ether oxygens (including phenoxy) is 1. The molecule has 0 saturated heterocycles. The first-order chi connectivity index (χ1) is 13.3. The van der Waals surface area contributed by atoms with Crippen molar-refractivity contribution in [3.05, 3.63) is 87.6 Å². The number of hydrogen-bond acceptors (Lipinski definition) is 4. The van der Waals surface area contributed by atoms with Crippen molar-refractivity contribution in [3.8, 4) is 11.5 Å². The van der Waals surface area contributed by atoms with Gasteiger partial charge in [0.2, 0.25) is 0 Å². The monoisotopic (exact) mass is 483 g/mol. The first-order valence-corrected chi connectivity index (χ1v) is 10.5. The summed E-state index contributed by atoms with van der Waals surface area (Å²) in [5.41, 5.74) is -0.273. The van der Waals surface area contributed by atoms with Gasteiger partial charge in [0.15, 0.2) is 11.6 Å². The molecule has 0 aromatic heterocycles. The van der Waals surface area contributed by atoms with Crippen molar-refractivity contribution in [3.63, 3.8) is 0 Å². The van der Waals surface area contributed by atoms with Crippen LogP contribution in [-0.2, 0) is 10.0 Å². The lowest BCUT2D eigenvalue weighted by molar-refractivity contribution is 0.0978. The van der Waals surface area contributed by atoms with Crippen LogP contribution in [0.5, 0.6) is 11.5 Å². The Labute approximate surface area is 174 Å². The fourth-order valence-corrected chi connectivity index (χ4v) is 4.40. The minimum absolute atomic E-state index is 0.125. The average Bonchev–Trinajstić information content (AvgIpc) is 2.65. The molecule has 1 N–H and O–H groups in total. The van der Waals surface area contributed by atoms with Gasteiger partial charge in [-0.2, -0.15) is 0 Å². The van der Waals surface area contributed by atoms with Gasteiger partial charge in [0.05, 0.1) is 5.56 Å². The molecule has 0 atom stereocenters. The highest BCUT2D eigenvalue weighted by atomic mass is 79.9. The largest absolute Gasteiger partial charge is 0.453 e. The lowest BCUT2D eigenvalue weighted by Gasteiger charge is -2.13. The van der Waals surface area contributed by atoms with Crippen LogP contribution < -0.4 is 9.46 Å². The second kappa shape index (κ2) is 8.30. The number of para-hydroxylation sites is 1. The number of rotatable bonds is 5. The first kappa shape index (κ1) is 20.3. The van der Waals surface area contributed by atoms with E-state index in [1.807, 2.05) is 4.72 Å². The van der Waals surface area contributed by atoms with E-state index in [0.29, 0.717) is 5.02 Å². The van der Waals surface area contributed by atoms with Gasteiger partial charge in [0.25, 0.3) is 15.9 Å². The van der Waals surface area contributed by atoms with Crippen LogP contribution in [0.2, 0.25) is 5.02 Å². The van der Waals surface area contributed by atoms with Crippen LogP contribution in [-0.4, -0.2) is 14.3 Å². The minimum atomic E-state index is -4.19. The Kier molecular flexibility index (Phi) is 6.02. The number of nitrogens with one attached hydrogen (secondary N) is 1. The summed E-state index contributed by atoms with van der Waals surface area (Å²) in [6.07, 6.45) is 0. The zero-order valence-corrected chi connectivity index (χ0v) is 17.2. The third-order valence-electron chi connectivity index (χ3n) is 3.60. The van der Waals surface area contributed by atoms with Gasteiger partial charge >= 0.3 is 0 Å². The number of benzene rings is 3. The number of hydrogen-bond donors (Lipinski definition) is 1.